The zero-order valence-corrected chi connectivity index (χ0v) is 11.6. The lowest BCUT2D eigenvalue weighted by atomic mass is 9.97. The van der Waals surface area contributed by atoms with Crippen LogP contribution in [0.5, 0.6) is 0 Å². The first-order valence-corrected chi connectivity index (χ1v) is 7.15. The molecule has 1 aliphatic heterocycles. The number of rotatable bonds is 5. The molecule has 0 atom stereocenters. The summed E-state index contributed by atoms with van der Waals surface area (Å²) in [4.78, 5) is 6.76. The third-order valence-electron chi connectivity index (χ3n) is 3.63. The number of aromatic nitrogens is 1. The molecule has 0 amide bonds. The van der Waals surface area contributed by atoms with E-state index in [4.69, 9.17) is 5.26 Å². The molecule has 2 rings (SSSR count). The van der Waals surface area contributed by atoms with Crippen molar-refractivity contribution in [2.75, 3.05) is 31.1 Å². The summed E-state index contributed by atoms with van der Waals surface area (Å²) in [6.07, 6.45) is 5.30. The van der Waals surface area contributed by atoms with E-state index in [1.54, 1.807) is 12.3 Å². The maximum atomic E-state index is 8.99. The van der Waals surface area contributed by atoms with Crippen molar-refractivity contribution in [3.63, 3.8) is 0 Å². The molecular formula is C15H22N4. The molecule has 0 bridgehead atoms. The fourth-order valence-corrected chi connectivity index (χ4v) is 2.61. The molecule has 2 heterocycles. The Balaban J connectivity index is 2.07. The van der Waals surface area contributed by atoms with E-state index < -0.39 is 0 Å². The summed E-state index contributed by atoms with van der Waals surface area (Å²) in [6, 6.07) is 5.85. The van der Waals surface area contributed by atoms with Crippen LogP contribution in [0.4, 0.5) is 5.82 Å². The molecule has 1 aliphatic rings. The van der Waals surface area contributed by atoms with E-state index in [-0.39, 0.29) is 0 Å². The lowest BCUT2D eigenvalue weighted by molar-refractivity contribution is 0.372. The van der Waals surface area contributed by atoms with Gasteiger partial charge in [0.2, 0.25) is 0 Å². The van der Waals surface area contributed by atoms with Gasteiger partial charge in [0.05, 0.1) is 11.6 Å². The van der Waals surface area contributed by atoms with Crippen molar-refractivity contribution in [2.45, 2.75) is 26.2 Å². The number of nitrogens with one attached hydrogen (secondary N) is 1. The summed E-state index contributed by atoms with van der Waals surface area (Å²) in [7, 11) is 0. The summed E-state index contributed by atoms with van der Waals surface area (Å²) in [5.41, 5.74) is 0.691. The molecule has 0 aliphatic carbocycles. The molecule has 102 valence electrons. The first-order valence-electron chi connectivity index (χ1n) is 7.15. The van der Waals surface area contributed by atoms with E-state index in [0.29, 0.717) is 5.56 Å². The van der Waals surface area contributed by atoms with Crippen LogP contribution >= 0.6 is 0 Å². The second kappa shape index (κ2) is 7.10. The number of nitriles is 1. The smallest absolute Gasteiger partial charge is 0.129 e. The second-order valence-corrected chi connectivity index (χ2v) is 5.15. The molecular weight excluding hydrogens is 236 g/mol. The molecule has 4 nitrogen and oxygen atoms in total. The topological polar surface area (TPSA) is 52.0 Å². The molecule has 0 spiro atoms. The number of hydrogen-bond acceptors (Lipinski definition) is 4. The molecule has 1 fully saturated rings. The van der Waals surface area contributed by atoms with Crippen LogP contribution in [0.1, 0.15) is 31.7 Å². The van der Waals surface area contributed by atoms with Crippen molar-refractivity contribution in [1.29, 1.82) is 5.26 Å². The SMILES string of the molecule is CCCN(CC1CCNCC1)c1cc(C#N)ccn1. The Bertz CT molecular complexity index is 432. The molecule has 1 aromatic heterocycles. The van der Waals surface area contributed by atoms with Crippen LogP contribution in [0.25, 0.3) is 0 Å². The predicted octanol–water partition coefficient (Wildman–Crippen LogP) is 2.17. The minimum atomic E-state index is 0.691. The Labute approximate surface area is 115 Å². The van der Waals surface area contributed by atoms with Crippen LogP contribution in [-0.2, 0) is 0 Å². The van der Waals surface area contributed by atoms with Crippen LogP contribution in [-0.4, -0.2) is 31.2 Å². The van der Waals surface area contributed by atoms with Crippen molar-refractivity contribution in [3.8, 4) is 6.07 Å². The molecule has 1 N–H and O–H groups in total. The second-order valence-electron chi connectivity index (χ2n) is 5.15. The Morgan fingerprint density at radius 3 is 2.95 bits per heavy atom. The van der Waals surface area contributed by atoms with Gasteiger partial charge in [-0.25, -0.2) is 4.98 Å². The predicted molar refractivity (Wildman–Crippen MR) is 77.0 cm³/mol. The van der Waals surface area contributed by atoms with E-state index in [0.717, 1.165) is 44.3 Å². The monoisotopic (exact) mass is 258 g/mol. The van der Waals surface area contributed by atoms with Crippen molar-refractivity contribution in [1.82, 2.24) is 10.3 Å². The van der Waals surface area contributed by atoms with E-state index in [1.165, 1.54) is 12.8 Å². The molecule has 1 aromatic rings. The van der Waals surface area contributed by atoms with E-state index >= 15 is 0 Å². The molecule has 0 radical (unpaired) electrons. The van der Waals surface area contributed by atoms with Gasteiger partial charge in [0, 0.05) is 19.3 Å². The maximum Gasteiger partial charge on any atom is 0.129 e. The van der Waals surface area contributed by atoms with Gasteiger partial charge in [0.25, 0.3) is 0 Å². The fourth-order valence-electron chi connectivity index (χ4n) is 2.61. The lowest BCUT2D eigenvalue weighted by Gasteiger charge is -2.30. The molecule has 0 aromatic carbocycles. The van der Waals surface area contributed by atoms with Gasteiger partial charge in [0.1, 0.15) is 5.82 Å². The number of piperidine rings is 1. The molecule has 4 heteroatoms. The summed E-state index contributed by atoms with van der Waals surface area (Å²) in [5.74, 6) is 1.68. The zero-order chi connectivity index (χ0) is 13.5. The van der Waals surface area contributed by atoms with Crippen LogP contribution in [0.3, 0.4) is 0 Å². The third kappa shape index (κ3) is 3.93. The first-order chi connectivity index (χ1) is 9.33. The largest absolute Gasteiger partial charge is 0.356 e. The van der Waals surface area contributed by atoms with Gasteiger partial charge in [-0.3, -0.25) is 0 Å². The van der Waals surface area contributed by atoms with Gasteiger partial charge >= 0.3 is 0 Å². The average molecular weight is 258 g/mol. The third-order valence-corrected chi connectivity index (χ3v) is 3.63. The van der Waals surface area contributed by atoms with Crippen LogP contribution in [0.15, 0.2) is 18.3 Å². The van der Waals surface area contributed by atoms with Gasteiger partial charge in [-0.05, 0) is 50.4 Å². The fraction of sp³-hybridized carbons (Fsp3) is 0.600. The number of hydrogen-bond donors (Lipinski definition) is 1. The van der Waals surface area contributed by atoms with Crippen molar-refractivity contribution < 1.29 is 0 Å². The summed E-state index contributed by atoms with van der Waals surface area (Å²) in [5, 5.41) is 12.4. The summed E-state index contributed by atoms with van der Waals surface area (Å²) >= 11 is 0. The van der Waals surface area contributed by atoms with Crippen LogP contribution < -0.4 is 10.2 Å². The average Bonchev–Trinajstić information content (AvgIpc) is 2.48. The first kappa shape index (κ1) is 13.8. The number of pyridine rings is 1. The van der Waals surface area contributed by atoms with Gasteiger partial charge in [0.15, 0.2) is 0 Å². The molecule has 0 saturated carbocycles. The van der Waals surface area contributed by atoms with Gasteiger partial charge < -0.3 is 10.2 Å². The van der Waals surface area contributed by atoms with Crippen LogP contribution in [0, 0.1) is 17.2 Å². The summed E-state index contributed by atoms with van der Waals surface area (Å²) in [6.45, 7) is 6.49. The highest BCUT2D eigenvalue weighted by molar-refractivity contribution is 5.44. The molecule has 0 unspecified atom stereocenters. The van der Waals surface area contributed by atoms with Crippen molar-refractivity contribution in [2.24, 2.45) is 5.92 Å². The number of nitrogens with zero attached hydrogens (tertiary/aromatic N) is 3. The highest BCUT2D eigenvalue weighted by atomic mass is 15.2. The normalized spacial score (nSPS) is 16.0. The van der Waals surface area contributed by atoms with E-state index in [2.05, 4.69) is 28.2 Å². The minimum absolute atomic E-state index is 0.691. The quantitative estimate of drug-likeness (QED) is 0.879. The lowest BCUT2D eigenvalue weighted by Crippen LogP contribution is -2.37. The Morgan fingerprint density at radius 2 is 2.26 bits per heavy atom. The highest BCUT2D eigenvalue weighted by Gasteiger charge is 2.17. The van der Waals surface area contributed by atoms with Gasteiger partial charge in [-0.1, -0.05) is 6.92 Å². The van der Waals surface area contributed by atoms with Crippen molar-refractivity contribution in [3.05, 3.63) is 23.9 Å². The zero-order valence-electron chi connectivity index (χ0n) is 11.6. The van der Waals surface area contributed by atoms with E-state index in [1.807, 2.05) is 6.07 Å². The number of anilines is 1. The maximum absolute atomic E-state index is 8.99. The Morgan fingerprint density at radius 1 is 1.47 bits per heavy atom. The van der Waals surface area contributed by atoms with Gasteiger partial charge in [-0.15, -0.1) is 0 Å². The van der Waals surface area contributed by atoms with E-state index in [9.17, 15) is 0 Å². The Kier molecular flexibility index (Phi) is 5.17. The van der Waals surface area contributed by atoms with Crippen molar-refractivity contribution >= 4 is 5.82 Å². The molecule has 1 saturated heterocycles. The van der Waals surface area contributed by atoms with Gasteiger partial charge in [-0.2, -0.15) is 5.26 Å². The standard InChI is InChI=1S/C15H22N4/c1-2-9-19(12-13-3-6-17-7-4-13)15-10-14(11-16)5-8-18-15/h5,8,10,13,17H,2-4,6-7,9,12H2,1H3. The van der Waals surface area contributed by atoms with Crippen LogP contribution in [0.2, 0.25) is 0 Å². The minimum Gasteiger partial charge on any atom is -0.356 e. The Hall–Kier alpha value is -1.60. The highest BCUT2D eigenvalue weighted by Crippen LogP contribution is 2.19. The summed E-state index contributed by atoms with van der Waals surface area (Å²) < 4.78 is 0. The molecule has 19 heavy (non-hydrogen) atoms.